The number of aromatic nitrogens is 1. The highest BCUT2D eigenvalue weighted by atomic mass is 35.5. The van der Waals surface area contributed by atoms with E-state index in [1.807, 2.05) is 26.8 Å². The number of aromatic amines is 1. The lowest BCUT2D eigenvalue weighted by atomic mass is 9.85. The molecule has 0 atom stereocenters. The van der Waals surface area contributed by atoms with Crippen molar-refractivity contribution in [3.8, 4) is 0 Å². The summed E-state index contributed by atoms with van der Waals surface area (Å²) in [6.45, 7) is 6.15. The molecule has 6 heteroatoms. The summed E-state index contributed by atoms with van der Waals surface area (Å²) in [4.78, 5) is 2.76. The van der Waals surface area contributed by atoms with Gasteiger partial charge in [0.05, 0.1) is 11.1 Å². The van der Waals surface area contributed by atoms with Crippen molar-refractivity contribution in [2.75, 3.05) is 0 Å². The van der Waals surface area contributed by atoms with E-state index in [-0.39, 0.29) is 10.9 Å². The van der Waals surface area contributed by atoms with E-state index in [2.05, 4.69) is 4.98 Å². The van der Waals surface area contributed by atoms with Gasteiger partial charge < -0.3 is 4.98 Å². The highest BCUT2D eigenvalue weighted by molar-refractivity contribution is 6.36. The van der Waals surface area contributed by atoms with Crippen molar-refractivity contribution in [3.05, 3.63) is 68.8 Å². The van der Waals surface area contributed by atoms with Crippen LogP contribution in [-0.2, 0) is 18.0 Å². The number of para-hydroxylation sites is 1. The Kier molecular flexibility index (Phi) is 4.78. The molecule has 0 aliphatic carbocycles. The Bertz CT molecular complexity index is 966. The topological polar surface area (TPSA) is 15.8 Å². The minimum atomic E-state index is -4.41. The van der Waals surface area contributed by atoms with Crippen LogP contribution >= 0.6 is 23.2 Å². The summed E-state index contributed by atoms with van der Waals surface area (Å²) >= 11 is 12.9. The van der Waals surface area contributed by atoms with E-state index in [9.17, 15) is 13.2 Å². The number of fused-ring (bicyclic) bond motifs is 1. The summed E-state index contributed by atoms with van der Waals surface area (Å²) < 4.78 is 39.6. The van der Waals surface area contributed by atoms with Gasteiger partial charge in [-0.2, -0.15) is 13.2 Å². The maximum Gasteiger partial charge on any atom is 0.418 e. The van der Waals surface area contributed by atoms with Crippen LogP contribution in [0.15, 0.2) is 36.5 Å². The Morgan fingerprint density at radius 1 is 0.962 bits per heavy atom. The first-order valence-corrected chi connectivity index (χ1v) is 8.89. The van der Waals surface area contributed by atoms with Gasteiger partial charge in [-0.1, -0.05) is 62.2 Å². The average molecular weight is 400 g/mol. The second kappa shape index (κ2) is 6.50. The van der Waals surface area contributed by atoms with E-state index in [1.54, 1.807) is 18.3 Å². The maximum absolute atomic E-state index is 13.2. The van der Waals surface area contributed by atoms with Crippen molar-refractivity contribution >= 4 is 34.1 Å². The molecular weight excluding hydrogens is 382 g/mol. The monoisotopic (exact) mass is 399 g/mol. The van der Waals surface area contributed by atoms with E-state index >= 15 is 0 Å². The second-order valence-electron chi connectivity index (χ2n) is 7.35. The Balaban J connectivity index is 2.11. The van der Waals surface area contributed by atoms with Gasteiger partial charge in [-0.3, -0.25) is 0 Å². The quantitative estimate of drug-likeness (QED) is 0.462. The molecule has 1 N–H and O–H groups in total. The number of benzene rings is 2. The Labute approximate surface area is 160 Å². The Hall–Kier alpha value is -1.65. The third-order valence-corrected chi connectivity index (χ3v) is 5.25. The maximum atomic E-state index is 13.2. The van der Waals surface area contributed by atoms with E-state index in [1.165, 1.54) is 6.07 Å². The van der Waals surface area contributed by atoms with Crippen LogP contribution in [0.5, 0.6) is 0 Å². The average Bonchev–Trinajstić information content (AvgIpc) is 2.92. The van der Waals surface area contributed by atoms with Gasteiger partial charge in [-0.25, -0.2) is 0 Å². The third-order valence-electron chi connectivity index (χ3n) is 4.47. The number of hydrogen-bond donors (Lipinski definition) is 1. The van der Waals surface area contributed by atoms with E-state index < -0.39 is 11.7 Å². The van der Waals surface area contributed by atoms with Gasteiger partial charge in [0.1, 0.15) is 0 Å². The van der Waals surface area contributed by atoms with Crippen LogP contribution in [0, 0.1) is 0 Å². The van der Waals surface area contributed by atoms with Crippen LogP contribution in [0.2, 0.25) is 10.0 Å². The lowest BCUT2D eigenvalue weighted by Crippen LogP contribution is -2.13. The molecule has 2 aromatic carbocycles. The number of H-pyrrole nitrogens is 1. The van der Waals surface area contributed by atoms with Crippen LogP contribution in [0.25, 0.3) is 10.9 Å². The van der Waals surface area contributed by atoms with Gasteiger partial charge in [0.2, 0.25) is 0 Å². The first-order valence-electron chi connectivity index (χ1n) is 8.13. The van der Waals surface area contributed by atoms with Gasteiger partial charge in [-0.15, -0.1) is 0 Å². The molecule has 0 bridgehead atoms. The van der Waals surface area contributed by atoms with Gasteiger partial charge in [0, 0.05) is 28.0 Å². The molecule has 0 radical (unpaired) electrons. The van der Waals surface area contributed by atoms with E-state index in [0.29, 0.717) is 21.9 Å². The van der Waals surface area contributed by atoms with Crippen LogP contribution in [0.4, 0.5) is 13.2 Å². The zero-order chi connectivity index (χ0) is 19.3. The lowest BCUT2D eigenvalue weighted by molar-refractivity contribution is -0.136. The van der Waals surface area contributed by atoms with Crippen molar-refractivity contribution in [1.29, 1.82) is 0 Å². The minimum absolute atomic E-state index is 0.0780. The fraction of sp³-hybridized carbons (Fsp3) is 0.300. The summed E-state index contributed by atoms with van der Waals surface area (Å²) in [5, 5.41) is 1.59. The molecule has 0 spiro atoms. The molecule has 3 aromatic rings. The van der Waals surface area contributed by atoms with Gasteiger partial charge in [-0.05, 0) is 34.2 Å². The van der Waals surface area contributed by atoms with Crippen LogP contribution in [0.1, 0.15) is 43.0 Å². The third kappa shape index (κ3) is 3.45. The predicted molar refractivity (Wildman–Crippen MR) is 101 cm³/mol. The normalized spacial score (nSPS) is 12.8. The Morgan fingerprint density at radius 3 is 2.27 bits per heavy atom. The van der Waals surface area contributed by atoms with Crippen molar-refractivity contribution < 1.29 is 13.2 Å². The first kappa shape index (κ1) is 19.1. The Morgan fingerprint density at radius 2 is 1.65 bits per heavy atom. The molecule has 0 aliphatic rings. The van der Waals surface area contributed by atoms with Crippen molar-refractivity contribution in [2.45, 2.75) is 38.8 Å². The highest BCUT2D eigenvalue weighted by Gasteiger charge is 2.33. The minimum Gasteiger partial charge on any atom is -0.360 e. The number of rotatable bonds is 2. The molecule has 0 saturated carbocycles. The molecule has 138 valence electrons. The summed E-state index contributed by atoms with van der Waals surface area (Å²) in [5.41, 5.74) is 1.63. The zero-order valence-electron chi connectivity index (χ0n) is 14.6. The highest BCUT2D eigenvalue weighted by Crippen LogP contribution is 2.39. The van der Waals surface area contributed by atoms with Gasteiger partial charge in [0.25, 0.3) is 0 Å². The summed E-state index contributed by atoms with van der Waals surface area (Å²) in [7, 11) is 0. The molecular formula is C20H18Cl2F3N. The number of alkyl halides is 3. The van der Waals surface area contributed by atoms with Crippen LogP contribution in [0.3, 0.4) is 0 Å². The number of hydrogen-bond acceptors (Lipinski definition) is 0. The fourth-order valence-electron chi connectivity index (χ4n) is 3.12. The molecule has 0 unspecified atom stereocenters. The summed E-state index contributed by atoms with van der Waals surface area (Å²) in [6, 6.07) is 7.84. The van der Waals surface area contributed by atoms with Crippen LogP contribution in [-0.4, -0.2) is 4.98 Å². The molecule has 26 heavy (non-hydrogen) atoms. The molecule has 1 aromatic heterocycles. The second-order valence-corrected chi connectivity index (χ2v) is 8.14. The number of halogens is 5. The smallest absolute Gasteiger partial charge is 0.360 e. The van der Waals surface area contributed by atoms with Crippen LogP contribution < -0.4 is 0 Å². The molecule has 0 amide bonds. The fourth-order valence-corrected chi connectivity index (χ4v) is 3.91. The predicted octanol–water partition coefficient (Wildman–Crippen LogP) is 7.38. The van der Waals surface area contributed by atoms with Gasteiger partial charge >= 0.3 is 6.18 Å². The molecule has 0 saturated heterocycles. The lowest BCUT2D eigenvalue weighted by Gasteiger charge is -2.23. The zero-order valence-corrected chi connectivity index (χ0v) is 16.1. The van der Waals surface area contributed by atoms with E-state index in [0.717, 1.165) is 22.8 Å². The first-order chi connectivity index (χ1) is 12.0. The molecule has 0 aliphatic heterocycles. The van der Waals surface area contributed by atoms with Crippen molar-refractivity contribution in [1.82, 2.24) is 4.98 Å². The molecule has 0 fully saturated rings. The van der Waals surface area contributed by atoms with Crippen molar-refractivity contribution in [2.24, 2.45) is 0 Å². The largest absolute Gasteiger partial charge is 0.418 e. The molecule has 1 nitrogen and oxygen atoms in total. The standard InChI is InChI=1S/C20H18Cl2F3N/c1-19(2,3)14-7-8-16(21)13(17(14)22)9-11-10-26-18-12(11)5-4-6-15(18)20(23,24)25/h4-8,10,26H,9H2,1-3H3. The van der Waals surface area contributed by atoms with Gasteiger partial charge in [0.15, 0.2) is 0 Å². The number of nitrogens with one attached hydrogen (secondary N) is 1. The van der Waals surface area contributed by atoms with E-state index in [4.69, 9.17) is 23.2 Å². The summed E-state index contributed by atoms with van der Waals surface area (Å²) in [6.07, 6.45) is -2.47. The molecule has 3 rings (SSSR count). The summed E-state index contributed by atoms with van der Waals surface area (Å²) in [5.74, 6) is 0. The molecule has 1 heterocycles. The van der Waals surface area contributed by atoms with Crippen molar-refractivity contribution in [3.63, 3.8) is 0 Å². The SMILES string of the molecule is CC(C)(C)c1ccc(Cl)c(Cc2c[nH]c3c(C(F)(F)F)cccc23)c1Cl.